The average Bonchev–Trinajstić information content (AvgIpc) is 3.48. The van der Waals surface area contributed by atoms with Crippen molar-refractivity contribution in [1.82, 2.24) is 20.2 Å². The molecule has 1 unspecified atom stereocenters. The minimum atomic E-state index is -1.10. The van der Waals surface area contributed by atoms with Crippen molar-refractivity contribution in [2.75, 3.05) is 30.4 Å². The molecule has 0 aliphatic carbocycles. The van der Waals surface area contributed by atoms with E-state index in [1.54, 1.807) is 12.1 Å². The fraction of sp³-hybridized carbons (Fsp3) is 0.375. The number of hydrogen-bond donors (Lipinski definition) is 4. The zero-order valence-corrected chi connectivity index (χ0v) is 19.4. The monoisotopic (exact) mass is 460 g/mol. The number of aromatic amines is 1. The van der Waals surface area contributed by atoms with Gasteiger partial charge in [-0.05, 0) is 56.7 Å². The Kier molecular flexibility index (Phi) is 4.58. The molecule has 34 heavy (non-hydrogen) atoms. The second-order valence-corrected chi connectivity index (χ2v) is 9.55. The Balaban J connectivity index is 1.26. The molecule has 0 amide bonds. The normalized spacial score (nSPS) is 26.5. The van der Waals surface area contributed by atoms with Crippen LogP contribution in [-0.2, 0) is 5.66 Å². The van der Waals surface area contributed by atoms with Gasteiger partial charge in [0, 0.05) is 36.9 Å². The Hall–Kier alpha value is -3.63. The second kappa shape index (κ2) is 7.44. The molecule has 6 rings (SSSR count). The number of piperazine rings is 1. The van der Waals surface area contributed by atoms with Gasteiger partial charge in [-0.1, -0.05) is 6.07 Å². The van der Waals surface area contributed by atoms with Crippen LogP contribution in [0.1, 0.15) is 24.5 Å². The SMILES string of the molecule is CC1=CNC(Nc2cnc(N3C[C@@H]4C[C@H]3CN4C)c(C)c2)=NC1(N)c1ccc2oc(=O)[nH]c2c1. The molecule has 176 valence electrons. The van der Waals surface area contributed by atoms with Gasteiger partial charge in [-0.25, -0.2) is 14.8 Å². The van der Waals surface area contributed by atoms with Crippen molar-refractivity contribution in [2.24, 2.45) is 10.7 Å². The molecule has 3 aliphatic rings. The number of pyridine rings is 1. The lowest BCUT2D eigenvalue weighted by molar-refractivity contribution is 0.292. The largest absolute Gasteiger partial charge is 0.417 e. The number of likely N-dealkylation sites (tertiary alicyclic amines) is 1. The van der Waals surface area contributed by atoms with E-state index < -0.39 is 11.4 Å². The first-order valence-corrected chi connectivity index (χ1v) is 11.5. The summed E-state index contributed by atoms with van der Waals surface area (Å²) in [4.78, 5) is 28.7. The van der Waals surface area contributed by atoms with Gasteiger partial charge in [0.1, 0.15) is 5.82 Å². The van der Waals surface area contributed by atoms with Gasteiger partial charge >= 0.3 is 5.76 Å². The molecule has 5 heterocycles. The number of nitrogens with two attached hydrogens (primary N) is 1. The number of fused-ring (bicyclic) bond motifs is 3. The number of aryl methyl sites for hydroxylation is 1. The van der Waals surface area contributed by atoms with Crippen LogP contribution in [0, 0.1) is 6.92 Å². The third-order valence-corrected chi connectivity index (χ3v) is 7.27. The van der Waals surface area contributed by atoms with Crippen LogP contribution >= 0.6 is 0 Å². The highest BCUT2D eigenvalue weighted by Gasteiger charge is 2.42. The summed E-state index contributed by atoms with van der Waals surface area (Å²) in [7, 11) is 2.20. The number of aromatic nitrogens is 2. The fourth-order valence-corrected chi connectivity index (χ4v) is 5.33. The van der Waals surface area contributed by atoms with Crippen molar-refractivity contribution in [3.63, 3.8) is 0 Å². The van der Waals surface area contributed by atoms with Gasteiger partial charge in [-0.2, -0.15) is 0 Å². The zero-order valence-electron chi connectivity index (χ0n) is 19.4. The first-order valence-electron chi connectivity index (χ1n) is 11.5. The van der Waals surface area contributed by atoms with E-state index in [9.17, 15) is 4.79 Å². The number of aliphatic imine (C=N–C) groups is 1. The number of likely N-dealkylation sites (N-methyl/N-ethyl adjacent to an activating group) is 1. The van der Waals surface area contributed by atoms with E-state index in [-0.39, 0.29) is 0 Å². The Morgan fingerprint density at radius 1 is 1.24 bits per heavy atom. The predicted octanol–water partition coefficient (Wildman–Crippen LogP) is 1.80. The van der Waals surface area contributed by atoms with Crippen LogP contribution in [-0.4, -0.2) is 53.0 Å². The Labute approximate surface area is 196 Å². The van der Waals surface area contributed by atoms with Gasteiger partial charge in [-0.3, -0.25) is 15.6 Å². The number of guanidine groups is 1. The highest BCUT2D eigenvalue weighted by atomic mass is 16.4. The van der Waals surface area contributed by atoms with Gasteiger partial charge in [0.2, 0.25) is 5.96 Å². The molecule has 0 saturated carbocycles. The van der Waals surface area contributed by atoms with E-state index in [4.69, 9.17) is 20.1 Å². The molecule has 10 nitrogen and oxygen atoms in total. The van der Waals surface area contributed by atoms with Crippen LogP contribution < -0.4 is 27.0 Å². The highest BCUT2D eigenvalue weighted by molar-refractivity contribution is 5.95. The number of rotatable bonds is 3. The second-order valence-electron chi connectivity index (χ2n) is 9.55. The van der Waals surface area contributed by atoms with Crippen LogP contribution in [0.25, 0.3) is 11.1 Å². The zero-order chi connectivity index (χ0) is 23.6. The third-order valence-electron chi connectivity index (χ3n) is 7.27. The Bertz CT molecular complexity index is 1400. The molecule has 0 spiro atoms. The van der Waals surface area contributed by atoms with Gasteiger partial charge < -0.3 is 20.0 Å². The van der Waals surface area contributed by atoms with Crippen LogP contribution in [0.15, 0.2) is 56.4 Å². The first kappa shape index (κ1) is 20.9. The lowest BCUT2D eigenvalue weighted by Crippen LogP contribution is -2.45. The van der Waals surface area contributed by atoms with Crippen LogP contribution in [0.5, 0.6) is 0 Å². The van der Waals surface area contributed by atoms with Crippen molar-refractivity contribution in [3.8, 4) is 0 Å². The summed E-state index contributed by atoms with van der Waals surface area (Å²) in [6, 6.07) is 8.60. The van der Waals surface area contributed by atoms with E-state index in [1.807, 2.05) is 25.4 Å². The highest BCUT2D eigenvalue weighted by Crippen LogP contribution is 2.35. The summed E-state index contributed by atoms with van der Waals surface area (Å²) in [5.41, 5.74) is 10.3. The van der Waals surface area contributed by atoms with Crippen molar-refractivity contribution >= 4 is 28.6 Å². The molecular weight excluding hydrogens is 432 g/mol. The van der Waals surface area contributed by atoms with E-state index >= 15 is 0 Å². The number of H-pyrrole nitrogens is 1. The summed E-state index contributed by atoms with van der Waals surface area (Å²) in [5.74, 6) is 1.07. The molecule has 2 aromatic heterocycles. The Morgan fingerprint density at radius 2 is 2.09 bits per heavy atom. The molecule has 3 aromatic rings. The summed E-state index contributed by atoms with van der Waals surface area (Å²) in [6.07, 6.45) is 4.89. The van der Waals surface area contributed by atoms with Gasteiger partial charge in [0.25, 0.3) is 0 Å². The first-order chi connectivity index (χ1) is 16.3. The molecule has 5 N–H and O–H groups in total. The fourth-order valence-electron chi connectivity index (χ4n) is 5.33. The quantitative estimate of drug-likeness (QED) is 0.466. The van der Waals surface area contributed by atoms with Crippen molar-refractivity contribution in [3.05, 3.63) is 63.9 Å². The molecular formula is C24H28N8O2. The third kappa shape index (κ3) is 3.29. The number of benzene rings is 1. The van der Waals surface area contributed by atoms with Crippen molar-refractivity contribution < 1.29 is 4.42 Å². The molecule has 3 atom stereocenters. The van der Waals surface area contributed by atoms with E-state index in [0.29, 0.717) is 29.1 Å². The predicted molar refractivity (Wildman–Crippen MR) is 132 cm³/mol. The standard InChI is InChI=1S/C24H28N8O2/c1-13-6-16(10-26-21(13)32-12-17-8-18(32)11-31(17)3)28-22-27-9-14(2)24(25,30-22)15-4-5-20-19(7-15)29-23(33)34-20/h4-7,9-10,17-18H,8,11-12,25H2,1-3H3,(H,29,33)(H2,27,28,30)/t17-,18-,24?/m0/s1. The Morgan fingerprint density at radius 3 is 2.82 bits per heavy atom. The summed E-state index contributed by atoms with van der Waals surface area (Å²) < 4.78 is 5.11. The number of nitrogens with one attached hydrogen (secondary N) is 3. The van der Waals surface area contributed by atoms with Crippen molar-refractivity contribution in [1.29, 1.82) is 0 Å². The molecule has 1 aromatic carbocycles. The molecule has 10 heteroatoms. The molecule has 0 radical (unpaired) electrons. The lowest BCUT2D eigenvalue weighted by Gasteiger charge is -2.34. The number of hydrogen-bond acceptors (Lipinski definition) is 9. The van der Waals surface area contributed by atoms with Gasteiger partial charge in [-0.15, -0.1) is 0 Å². The minimum Gasteiger partial charge on any atom is -0.408 e. The average molecular weight is 461 g/mol. The van der Waals surface area contributed by atoms with Gasteiger partial charge in [0.05, 0.1) is 17.4 Å². The summed E-state index contributed by atoms with van der Waals surface area (Å²) in [5, 5.41) is 6.49. The topological polar surface area (TPSA) is 128 Å². The number of nitrogens with zero attached hydrogens (tertiary/aromatic N) is 4. The summed E-state index contributed by atoms with van der Waals surface area (Å²) in [6.45, 7) is 6.13. The molecule has 3 aliphatic heterocycles. The van der Waals surface area contributed by atoms with E-state index in [0.717, 1.165) is 41.3 Å². The van der Waals surface area contributed by atoms with Crippen LogP contribution in [0.2, 0.25) is 0 Å². The van der Waals surface area contributed by atoms with Gasteiger partial charge in [0.15, 0.2) is 11.2 Å². The molecule has 2 saturated heterocycles. The minimum absolute atomic E-state index is 0.481. The maximum atomic E-state index is 11.5. The van der Waals surface area contributed by atoms with Crippen LogP contribution in [0.4, 0.5) is 11.5 Å². The molecule has 2 fully saturated rings. The number of oxazole rings is 1. The molecule has 2 bridgehead atoms. The maximum Gasteiger partial charge on any atom is 0.417 e. The van der Waals surface area contributed by atoms with E-state index in [1.165, 1.54) is 6.42 Å². The van der Waals surface area contributed by atoms with Crippen LogP contribution in [0.3, 0.4) is 0 Å². The van der Waals surface area contributed by atoms with E-state index in [2.05, 4.69) is 45.5 Å². The number of anilines is 2. The lowest BCUT2D eigenvalue weighted by atomic mass is 9.93. The maximum absolute atomic E-state index is 11.5. The summed E-state index contributed by atoms with van der Waals surface area (Å²) >= 11 is 0. The smallest absolute Gasteiger partial charge is 0.408 e. The van der Waals surface area contributed by atoms with Crippen molar-refractivity contribution in [2.45, 2.75) is 38.0 Å².